The second kappa shape index (κ2) is 11.5. The third-order valence-electron chi connectivity index (χ3n) is 6.98. The van der Waals surface area contributed by atoms with E-state index in [1.54, 1.807) is 19.2 Å². The summed E-state index contributed by atoms with van der Waals surface area (Å²) < 4.78 is 16.0. The fourth-order valence-corrected chi connectivity index (χ4v) is 6.19. The highest BCUT2D eigenvalue weighted by atomic mass is 32.2. The first-order valence-electron chi connectivity index (χ1n) is 12.6. The van der Waals surface area contributed by atoms with Crippen LogP contribution in [0.1, 0.15) is 18.4 Å². The van der Waals surface area contributed by atoms with Crippen molar-refractivity contribution in [2.24, 2.45) is 0 Å². The Bertz CT molecular complexity index is 1190. The summed E-state index contributed by atoms with van der Waals surface area (Å²) in [4.78, 5) is 49.3. The number of piperazine rings is 1. The number of benzene rings is 1. The number of esters is 1. The van der Waals surface area contributed by atoms with Crippen molar-refractivity contribution < 1.29 is 28.3 Å². The van der Waals surface area contributed by atoms with Crippen LogP contribution in [-0.4, -0.2) is 94.5 Å². The number of aromatic nitrogens is 1. The molecule has 2 fully saturated rings. The van der Waals surface area contributed by atoms with Gasteiger partial charge in [-0.3, -0.25) is 14.5 Å². The normalized spacial score (nSPS) is 21.6. The Morgan fingerprint density at radius 3 is 2.61 bits per heavy atom. The van der Waals surface area contributed by atoms with E-state index in [2.05, 4.69) is 27.0 Å². The minimum Gasteiger partial charge on any atom is -0.497 e. The number of β-lactam (4-membered cyclic amide) rings is 1. The number of rotatable bonds is 9. The van der Waals surface area contributed by atoms with Gasteiger partial charge in [0.15, 0.2) is 5.70 Å². The molecule has 2 atom stereocenters. The molecule has 4 heterocycles. The second-order valence-electron chi connectivity index (χ2n) is 9.20. The highest BCUT2D eigenvalue weighted by molar-refractivity contribution is 8.00. The van der Waals surface area contributed by atoms with Crippen molar-refractivity contribution in [3.63, 3.8) is 0 Å². The number of carbonyl (C=O) groups excluding carboxylic acids is 3. The van der Waals surface area contributed by atoms with Crippen LogP contribution >= 0.6 is 11.8 Å². The van der Waals surface area contributed by atoms with Gasteiger partial charge < -0.3 is 29.0 Å². The zero-order valence-electron chi connectivity index (χ0n) is 21.4. The molecule has 1 aromatic carbocycles. The van der Waals surface area contributed by atoms with Crippen molar-refractivity contribution in [1.82, 2.24) is 25.0 Å². The lowest BCUT2D eigenvalue weighted by Gasteiger charge is -2.51. The van der Waals surface area contributed by atoms with E-state index in [9.17, 15) is 14.4 Å². The summed E-state index contributed by atoms with van der Waals surface area (Å²) in [5.41, 5.74) is 1.89. The number of thioether (sulfide) groups is 1. The van der Waals surface area contributed by atoms with Crippen molar-refractivity contribution in [2.75, 3.05) is 45.6 Å². The van der Waals surface area contributed by atoms with Crippen molar-refractivity contribution in [3.05, 3.63) is 59.6 Å². The fourth-order valence-electron chi connectivity index (χ4n) is 4.81. The Kier molecular flexibility index (Phi) is 7.89. The molecule has 1 N–H and O–H groups in total. The molecule has 0 spiro atoms. The Balaban J connectivity index is 1.32. The number of nitrogens with zero attached hydrogens (tertiary/aromatic N) is 4. The smallest absolute Gasteiger partial charge is 0.357 e. The van der Waals surface area contributed by atoms with Gasteiger partial charge in [-0.05, 0) is 24.2 Å². The average molecular weight is 542 g/mol. The van der Waals surface area contributed by atoms with Gasteiger partial charge in [0.1, 0.15) is 36.5 Å². The van der Waals surface area contributed by atoms with Gasteiger partial charge in [-0.15, -0.1) is 11.8 Å². The molecule has 1 aromatic heterocycles. The van der Waals surface area contributed by atoms with E-state index in [4.69, 9.17) is 13.9 Å². The van der Waals surface area contributed by atoms with E-state index in [1.807, 2.05) is 12.1 Å². The molecule has 202 valence electrons. The number of ether oxygens (including phenoxy) is 2. The zero-order valence-corrected chi connectivity index (χ0v) is 22.2. The lowest BCUT2D eigenvalue weighted by atomic mass is 10.0. The number of amides is 2. The number of oxazole rings is 1. The minimum atomic E-state index is -0.731. The molecule has 3 aliphatic heterocycles. The highest BCUT2D eigenvalue weighted by Crippen LogP contribution is 2.42. The quantitative estimate of drug-likeness (QED) is 0.367. The van der Waals surface area contributed by atoms with E-state index < -0.39 is 12.0 Å². The second-order valence-corrected chi connectivity index (χ2v) is 10.3. The Morgan fingerprint density at radius 1 is 1.18 bits per heavy atom. The maximum Gasteiger partial charge on any atom is 0.357 e. The average Bonchev–Trinajstić information content (AvgIpc) is 3.47. The highest BCUT2D eigenvalue weighted by Gasteiger charge is 2.55. The van der Waals surface area contributed by atoms with Crippen LogP contribution in [0.25, 0.3) is 0 Å². The maximum absolute atomic E-state index is 13.5. The monoisotopic (exact) mass is 541 g/mol. The molecule has 38 heavy (non-hydrogen) atoms. The van der Waals surface area contributed by atoms with Gasteiger partial charge in [-0.2, -0.15) is 0 Å². The predicted octanol–water partition coefficient (Wildman–Crippen LogP) is 1.22. The Hall–Kier alpha value is -3.51. The zero-order chi connectivity index (χ0) is 26.6. The number of hydrogen-bond acceptors (Lipinski definition) is 10. The molecule has 5 rings (SSSR count). The van der Waals surface area contributed by atoms with Crippen LogP contribution < -0.4 is 10.1 Å². The van der Waals surface area contributed by atoms with E-state index in [0.717, 1.165) is 44.0 Å². The number of likely N-dealkylation sites (N-methyl/N-ethyl adjacent to an activating group) is 1. The predicted molar refractivity (Wildman–Crippen MR) is 139 cm³/mol. The molecule has 11 nitrogen and oxygen atoms in total. The van der Waals surface area contributed by atoms with Gasteiger partial charge in [0.05, 0.1) is 19.0 Å². The van der Waals surface area contributed by atoms with Crippen LogP contribution in [0.4, 0.5) is 0 Å². The number of hydrogen-bond donors (Lipinski definition) is 1. The SMILES string of the molecule is CCN1CCN(C2=C(C(=O)OCc3ccc(OC)cc3)N3C(=O)C(NC(=O)Cc4ncco4)[C@@H]3SC2)CC1. The van der Waals surface area contributed by atoms with Crippen LogP contribution in [0, 0.1) is 0 Å². The molecule has 3 aliphatic rings. The molecular weight excluding hydrogens is 510 g/mol. The topological polar surface area (TPSA) is 117 Å². The summed E-state index contributed by atoms with van der Waals surface area (Å²) in [7, 11) is 1.59. The van der Waals surface area contributed by atoms with E-state index in [1.165, 1.54) is 29.1 Å². The van der Waals surface area contributed by atoms with E-state index in [-0.39, 0.29) is 41.8 Å². The van der Waals surface area contributed by atoms with E-state index in [0.29, 0.717) is 11.5 Å². The summed E-state index contributed by atoms with van der Waals surface area (Å²) in [5, 5.41) is 2.39. The number of fused-ring (bicyclic) bond motifs is 1. The lowest BCUT2D eigenvalue weighted by molar-refractivity contribution is -0.153. The number of methoxy groups -OCH3 is 1. The summed E-state index contributed by atoms with van der Waals surface area (Å²) in [6, 6.07) is 6.54. The summed E-state index contributed by atoms with van der Waals surface area (Å²) in [5.74, 6) is 0.296. The van der Waals surface area contributed by atoms with Crippen LogP contribution in [-0.2, 0) is 32.1 Å². The summed E-state index contributed by atoms with van der Waals surface area (Å²) >= 11 is 1.54. The minimum absolute atomic E-state index is 0.0618. The molecule has 0 saturated carbocycles. The van der Waals surface area contributed by atoms with E-state index >= 15 is 0 Å². The van der Waals surface area contributed by atoms with Gasteiger partial charge in [-0.25, -0.2) is 9.78 Å². The van der Waals surface area contributed by atoms with Crippen molar-refractivity contribution in [3.8, 4) is 5.75 Å². The van der Waals surface area contributed by atoms with Gasteiger partial charge in [0.2, 0.25) is 11.8 Å². The first kappa shape index (κ1) is 26.1. The standard InChI is InChI=1S/C26H31N5O6S/c1-3-29-9-11-30(12-10-29)19-16-38-25-22(28-20(32)14-21-27-8-13-36-21)24(33)31(25)23(19)26(34)37-15-17-4-6-18(35-2)7-5-17/h4-8,13,22,25H,3,9-12,14-16H2,1-2H3,(H,28,32)/t22?,25-/m0/s1. The molecule has 2 aromatic rings. The van der Waals surface area contributed by atoms with Crippen molar-refractivity contribution in [1.29, 1.82) is 0 Å². The van der Waals surface area contributed by atoms with Crippen LogP contribution in [0.15, 0.2) is 52.5 Å². The van der Waals surface area contributed by atoms with Crippen molar-refractivity contribution in [2.45, 2.75) is 31.4 Å². The van der Waals surface area contributed by atoms with Gasteiger partial charge in [0, 0.05) is 31.9 Å². The number of carbonyl (C=O) groups is 3. The molecule has 1 unspecified atom stereocenters. The number of nitrogens with one attached hydrogen (secondary N) is 1. The molecule has 2 saturated heterocycles. The first-order chi connectivity index (χ1) is 18.5. The van der Waals surface area contributed by atoms with Gasteiger partial charge in [-0.1, -0.05) is 19.1 Å². The summed E-state index contributed by atoms with van der Waals surface area (Å²) in [6.07, 6.45) is 2.80. The van der Waals surface area contributed by atoms with Gasteiger partial charge >= 0.3 is 5.97 Å². The first-order valence-corrected chi connectivity index (χ1v) is 13.7. The molecule has 0 bridgehead atoms. The van der Waals surface area contributed by atoms with Crippen LogP contribution in [0.5, 0.6) is 5.75 Å². The fraction of sp³-hybridized carbons (Fsp3) is 0.462. The lowest BCUT2D eigenvalue weighted by Crippen LogP contribution is -2.71. The van der Waals surface area contributed by atoms with Crippen LogP contribution in [0.3, 0.4) is 0 Å². The molecule has 0 radical (unpaired) electrons. The third kappa shape index (κ3) is 5.37. The molecule has 2 amide bonds. The molecule has 12 heteroatoms. The largest absolute Gasteiger partial charge is 0.497 e. The molecular formula is C26H31N5O6S. The Labute approximate surface area is 225 Å². The third-order valence-corrected chi connectivity index (χ3v) is 8.25. The van der Waals surface area contributed by atoms with Gasteiger partial charge in [0.25, 0.3) is 5.91 Å². The molecule has 0 aliphatic carbocycles. The summed E-state index contributed by atoms with van der Waals surface area (Å²) in [6.45, 7) is 6.47. The van der Waals surface area contributed by atoms with Crippen LogP contribution in [0.2, 0.25) is 0 Å². The van der Waals surface area contributed by atoms with Crippen molar-refractivity contribution >= 4 is 29.5 Å². The Morgan fingerprint density at radius 2 is 1.95 bits per heavy atom. The maximum atomic E-state index is 13.5.